The molecule has 152 valence electrons. The maximum absolute atomic E-state index is 12.8. The monoisotopic (exact) mass is 385 g/mol. The molecule has 1 heterocycles. The lowest BCUT2D eigenvalue weighted by Gasteiger charge is -2.55. The van der Waals surface area contributed by atoms with Crippen molar-refractivity contribution in [1.82, 2.24) is 5.32 Å². The van der Waals surface area contributed by atoms with Crippen LogP contribution >= 0.6 is 0 Å². The van der Waals surface area contributed by atoms with Gasteiger partial charge in [0.1, 0.15) is 11.4 Å². The van der Waals surface area contributed by atoms with Gasteiger partial charge in [-0.05, 0) is 56.2 Å². The van der Waals surface area contributed by atoms with Gasteiger partial charge in [-0.2, -0.15) is 0 Å². The molecule has 3 fully saturated rings. The second-order valence-electron chi connectivity index (χ2n) is 9.29. The zero-order valence-electron chi connectivity index (χ0n) is 17.1. The number of hydrogen-bond acceptors (Lipinski definition) is 4. The Hall–Kier alpha value is -2.04. The molecule has 4 rings (SSSR count). The van der Waals surface area contributed by atoms with E-state index in [2.05, 4.69) is 17.4 Å². The van der Waals surface area contributed by atoms with Crippen LogP contribution in [0.4, 0.5) is 0 Å². The Morgan fingerprint density at radius 2 is 1.86 bits per heavy atom. The second-order valence-corrected chi connectivity index (χ2v) is 9.29. The molecule has 1 N–H and O–H groups in total. The largest absolute Gasteiger partial charge is 0.497 e. The van der Waals surface area contributed by atoms with Crippen LogP contribution in [0.15, 0.2) is 24.3 Å². The van der Waals surface area contributed by atoms with Gasteiger partial charge in [-0.15, -0.1) is 0 Å². The van der Waals surface area contributed by atoms with Crippen molar-refractivity contribution in [2.75, 3.05) is 7.11 Å². The number of fused-ring (bicyclic) bond motifs is 1. The molecule has 1 saturated heterocycles. The summed E-state index contributed by atoms with van der Waals surface area (Å²) in [4.78, 5) is 24.8. The molecule has 2 saturated carbocycles. The summed E-state index contributed by atoms with van der Waals surface area (Å²) in [6.07, 6.45) is 5.77. The SMILES string of the molecule is COc1ccc([C@H]2C3CCCCC3[C@@H]2NC(=O)CC2CC(C)(C)OC2=O)cc1. The predicted molar refractivity (Wildman–Crippen MR) is 106 cm³/mol. The van der Waals surface area contributed by atoms with Gasteiger partial charge in [0.15, 0.2) is 0 Å². The lowest BCUT2D eigenvalue weighted by Crippen LogP contribution is -2.59. The molecule has 28 heavy (non-hydrogen) atoms. The van der Waals surface area contributed by atoms with Crippen LogP contribution in [-0.4, -0.2) is 30.6 Å². The summed E-state index contributed by atoms with van der Waals surface area (Å²) in [5.74, 6) is 1.82. The molecular weight excluding hydrogens is 354 g/mol. The van der Waals surface area contributed by atoms with Gasteiger partial charge in [0.2, 0.25) is 5.91 Å². The van der Waals surface area contributed by atoms with Crippen molar-refractivity contribution >= 4 is 11.9 Å². The number of cyclic esters (lactones) is 1. The van der Waals surface area contributed by atoms with Gasteiger partial charge in [-0.25, -0.2) is 0 Å². The fraction of sp³-hybridized carbons (Fsp3) is 0.652. The number of rotatable bonds is 5. The smallest absolute Gasteiger partial charge is 0.310 e. The number of carbonyl (C=O) groups excluding carboxylic acids is 2. The Kier molecular flexibility index (Phi) is 5.11. The number of amides is 1. The number of esters is 1. The second kappa shape index (κ2) is 7.41. The van der Waals surface area contributed by atoms with Gasteiger partial charge in [0.05, 0.1) is 13.0 Å². The number of nitrogens with one attached hydrogen (secondary N) is 1. The van der Waals surface area contributed by atoms with E-state index >= 15 is 0 Å². The van der Waals surface area contributed by atoms with Crippen molar-refractivity contribution in [3.63, 3.8) is 0 Å². The number of ether oxygens (including phenoxy) is 2. The first kappa shape index (κ1) is 19.3. The Balaban J connectivity index is 1.45. The van der Waals surface area contributed by atoms with Crippen LogP contribution in [0.25, 0.3) is 0 Å². The molecule has 1 aromatic carbocycles. The summed E-state index contributed by atoms with van der Waals surface area (Å²) < 4.78 is 10.7. The predicted octanol–water partition coefficient (Wildman–Crippen LogP) is 3.82. The van der Waals surface area contributed by atoms with Crippen LogP contribution < -0.4 is 10.1 Å². The van der Waals surface area contributed by atoms with Crippen molar-refractivity contribution in [3.8, 4) is 5.75 Å². The van der Waals surface area contributed by atoms with E-state index in [4.69, 9.17) is 9.47 Å². The van der Waals surface area contributed by atoms with Gasteiger partial charge in [0.25, 0.3) is 0 Å². The first-order valence-electron chi connectivity index (χ1n) is 10.5. The van der Waals surface area contributed by atoms with E-state index in [0.29, 0.717) is 24.2 Å². The van der Waals surface area contributed by atoms with Crippen molar-refractivity contribution in [2.24, 2.45) is 17.8 Å². The van der Waals surface area contributed by atoms with E-state index in [1.54, 1.807) is 7.11 Å². The van der Waals surface area contributed by atoms with Gasteiger partial charge in [0, 0.05) is 24.8 Å². The van der Waals surface area contributed by atoms with Crippen molar-refractivity contribution in [3.05, 3.63) is 29.8 Å². The van der Waals surface area contributed by atoms with Crippen molar-refractivity contribution < 1.29 is 19.1 Å². The zero-order valence-corrected chi connectivity index (χ0v) is 17.1. The molecule has 3 aliphatic rings. The average molecular weight is 386 g/mol. The highest BCUT2D eigenvalue weighted by Gasteiger charge is 2.52. The lowest BCUT2D eigenvalue weighted by atomic mass is 9.53. The van der Waals surface area contributed by atoms with Crippen LogP contribution in [-0.2, 0) is 14.3 Å². The molecule has 0 bridgehead atoms. The summed E-state index contributed by atoms with van der Waals surface area (Å²) in [7, 11) is 1.67. The summed E-state index contributed by atoms with van der Waals surface area (Å²) in [6.45, 7) is 3.81. The molecule has 0 aromatic heterocycles. The molecular formula is C23H31NO4. The van der Waals surface area contributed by atoms with E-state index in [-0.39, 0.29) is 30.3 Å². The van der Waals surface area contributed by atoms with Crippen LogP contribution in [0.2, 0.25) is 0 Å². The maximum Gasteiger partial charge on any atom is 0.310 e. The number of benzene rings is 1. The van der Waals surface area contributed by atoms with Crippen LogP contribution in [0.5, 0.6) is 5.75 Å². The summed E-state index contributed by atoms with van der Waals surface area (Å²) in [5, 5.41) is 3.29. The first-order chi connectivity index (χ1) is 13.4. The minimum atomic E-state index is -0.460. The molecule has 3 unspecified atom stereocenters. The Morgan fingerprint density at radius 1 is 1.18 bits per heavy atom. The Labute approximate surface area is 167 Å². The van der Waals surface area contributed by atoms with Crippen LogP contribution in [0.3, 0.4) is 0 Å². The van der Waals surface area contributed by atoms with E-state index in [1.165, 1.54) is 31.2 Å². The zero-order chi connectivity index (χ0) is 19.9. The first-order valence-corrected chi connectivity index (χ1v) is 10.5. The number of methoxy groups -OCH3 is 1. The molecule has 1 aliphatic heterocycles. The third kappa shape index (κ3) is 3.63. The fourth-order valence-corrected chi connectivity index (χ4v) is 5.64. The highest BCUT2D eigenvalue weighted by molar-refractivity contribution is 5.84. The molecule has 1 amide bonds. The van der Waals surface area contributed by atoms with Crippen molar-refractivity contribution in [2.45, 2.75) is 69.9 Å². The Morgan fingerprint density at radius 3 is 2.46 bits per heavy atom. The number of carbonyl (C=O) groups is 2. The lowest BCUT2D eigenvalue weighted by molar-refractivity contribution is -0.149. The third-order valence-electron chi connectivity index (χ3n) is 6.89. The molecule has 0 spiro atoms. The normalized spacial score (nSPS) is 33.4. The summed E-state index contributed by atoms with van der Waals surface area (Å²) in [5.41, 5.74) is 0.814. The molecule has 5 nitrogen and oxygen atoms in total. The maximum atomic E-state index is 12.8. The number of hydrogen-bond donors (Lipinski definition) is 1. The van der Waals surface area contributed by atoms with Gasteiger partial charge >= 0.3 is 5.97 Å². The standard InChI is InChI=1S/C23H31NO4/c1-23(2)13-15(22(26)28-23)12-19(25)24-21-18-7-5-4-6-17(18)20(21)14-8-10-16(27-3)11-9-14/h8-11,15,17-18,20-21H,4-7,12-13H2,1-3H3,(H,24,25)/t15?,17?,18?,20-,21-/m0/s1. The van der Waals surface area contributed by atoms with E-state index < -0.39 is 5.60 Å². The molecule has 5 heteroatoms. The van der Waals surface area contributed by atoms with E-state index in [9.17, 15) is 9.59 Å². The topological polar surface area (TPSA) is 64.6 Å². The van der Waals surface area contributed by atoms with Gasteiger partial charge in [-0.1, -0.05) is 25.0 Å². The Bertz CT molecular complexity index is 741. The third-order valence-corrected chi connectivity index (χ3v) is 6.89. The van der Waals surface area contributed by atoms with Crippen molar-refractivity contribution in [1.29, 1.82) is 0 Å². The minimum Gasteiger partial charge on any atom is -0.497 e. The quantitative estimate of drug-likeness (QED) is 0.783. The molecule has 2 aliphatic carbocycles. The van der Waals surface area contributed by atoms with Crippen LogP contribution in [0, 0.1) is 17.8 Å². The van der Waals surface area contributed by atoms with Crippen LogP contribution in [0.1, 0.15) is 63.9 Å². The summed E-state index contributed by atoms with van der Waals surface area (Å²) >= 11 is 0. The molecule has 1 aromatic rings. The minimum absolute atomic E-state index is 0.0211. The fourth-order valence-electron chi connectivity index (χ4n) is 5.64. The van der Waals surface area contributed by atoms with Gasteiger partial charge < -0.3 is 14.8 Å². The average Bonchev–Trinajstić information content (AvgIpc) is 2.92. The van der Waals surface area contributed by atoms with E-state index in [1.807, 2.05) is 26.0 Å². The molecule has 0 radical (unpaired) electrons. The highest BCUT2D eigenvalue weighted by atomic mass is 16.6. The van der Waals surface area contributed by atoms with E-state index in [0.717, 1.165) is 5.75 Å². The summed E-state index contributed by atoms with van der Waals surface area (Å²) in [6, 6.07) is 8.42. The highest BCUT2D eigenvalue weighted by Crippen LogP contribution is 2.54. The molecule has 5 atom stereocenters. The van der Waals surface area contributed by atoms with Gasteiger partial charge in [-0.3, -0.25) is 9.59 Å².